The summed E-state index contributed by atoms with van der Waals surface area (Å²) in [6.45, 7) is 0. The summed E-state index contributed by atoms with van der Waals surface area (Å²) in [4.78, 5) is 30.0. The summed E-state index contributed by atoms with van der Waals surface area (Å²) in [5.74, 6) is 0.790. The first-order valence-electron chi connectivity index (χ1n) is 11.6. The van der Waals surface area contributed by atoms with Crippen LogP contribution in [-0.2, 0) is 30.5 Å². The molecule has 2 aliphatic rings. The average molecular weight is 465 g/mol. The molecule has 4 aromatic heterocycles. The summed E-state index contributed by atoms with van der Waals surface area (Å²) in [5.41, 5.74) is 4.67. The van der Waals surface area contributed by atoms with E-state index in [1.54, 1.807) is 12.7 Å². The maximum atomic E-state index is 14.4. The number of hydrogen-bond donors (Lipinski definition) is 2. The van der Waals surface area contributed by atoms with Gasteiger partial charge in [0.2, 0.25) is 0 Å². The summed E-state index contributed by atoms with van der Waals surface area (Å²) >= 11 is 0. The Morgan fingerprint density at radius 3 is 1.64 bits per heavy atom. The van der Waals surface area contributed by atoms with Crippen molar-refractivity contribution in [2.45, 2.75) is 50.6 Å². The minimum Gasteiger partial charge on any atom is -0.348 e. The van der Waals surface area contributed by atoms with Crippen molar-refractivity contribution in [2.24, 2.45) is 11.8 Å². The van der Waals surface area contributed by atoms with Crippen LogP contribution in [0.4, 0.5) is 0 Å². The van der Waals surface area contributed by atoms with E-state index in [1.165, 1.54) is 11.4 Å². The van der Waals surface area contributed by atoms with Crippen LogP contribution in [0.1, 0.15) is 47.7 Å². The molecule has 7 nitrogen and oxygen atoms in total. The molecule has 33 heavy (non-hydrogen) atoms. The van der Waals surface area contributed by atoms with E-state index in [0.717, 1.165) is 49.9 Å². The van der Waals surface area contributed by atoms with Crippen molar-refractivity contribution in [3.63, 3.8) is 0 Å². The maximum absolute atomic E-state index is 14.4. The molecule has 6 rings (SSSR count). The first-order chi connectivity index (χ1) is 15.8. The number of aromatic amines is 2. The topological polar surface area (TPSA) is 84.3 Å². The molecule has 0 fully saturated rings. The number of nitrogens with one attached hydrogen (secondary N) is 2. The van der Waals surface area contributed by atoms with Crippen molar-refractivity contribution in [3.8, 4) is 0 Å². The first-order valence-corrected chi connectivity index (χ1v) is 11.6. The molecule has 2 aliphatic carbocycles. The molecule has 0 radical (unpaired) electrons. The molecule has 4 aromatic rings. The van der Waals surface area contributed by atoms with Gasteiger partial charge in [0.1, 0.15) is 0 Å². The van der Waals surface area contributed by atoms with E-state index in [4.69, 9.17) is 0 Å². The van der Waals surface area contributed by atoms with E-state index < -0.39 is 0 Å². The minimum absolute atomic E-state index is 0. The molecule has 0 saturated heterocycles. The van der Waals surface area contributed by atoms with Crippen LogP contribution in [0.5, 0.6) is 0 Å². The molecule has 0 bridgehead atoms. The molecular weight excluding hydrogens is 436 g/mol. The third-order valence-electron chi connectivity index (χ3n) is 7.42. The number of carbonyl (C=O) groups excluding carboxylic acids is 1. The van der Waals surface area contributed by atoms with Crippen LogP contribution in [0.25, 0.3) is 0 Å². The lowest BCUT2D eigenvalue weighted by Crippen LogP contribution is -2.39. The first kappa shape index (κ1) is 21.8. The molecular formula is C25H29ClN6O. The Morgan fingerprint density at radius 1 is 0.788 bits per heavy atom. The highest BCUT2D eigenvalue weighted by atomic mass is 35.5. The standard InChI is InChI=1S/C25H28N6O.ClH/c32-25(23(30-9-1-2-10-30)17-5-7-19-21(13-17)28-15-26-19)24(31-11-3-4-12-31)18-6-8-20-22(14-18)29-16-27-20;/h1-4,9-12,15-18,23-24H,5-8,13-14H2,(H,26,28)(H,27,29);1H. The number of fused-ring (bicyclic) bond motifs is 2. The summed E-state index contributed by atoms with van der Waals surface area (Å²) in [6.07, 6.45) is 17.3. The fourth-order valence-electron chi connectivity index (χ4n) is 5.88. The van der Waals surface area contributed by atoms with E-state index in [2.05, 4.69) is 29.1 Å². The predicted octanol–water partition coefficient (Wildman–Crippen LogP) is 4.12. The van der Waals surface area contributed by atoms with E-state index in [1.807, 2.05) is 49.1 Å². The van der Waals surface area contributed by atoms with Crippen LogP contribution in [-0.4, -0.2) is 34.9 Å². The highest BCUT2D eigenvalue weighted by Gasteiger charge is 2.41. The van der Waals surface area contributed by atoms with Gasteiger partial charge in [-0.1, -0.05) is 0 Å². The number of carbonyl (C=O) groups is 1. The number of halogens is 1. The Morgan fingerprint density at radius 2 is 1.21 bits per heavy atom. The summed E-state index contributed by atoms with van der Waals surface area (Å²) in [5, 5.41) is 0. The third kappa shape index (κ3) is 3.95. The Hall–Kier alpha value is -3.06. The minimum atomic E-state index is -0.197. The number of aryl methyl sites for hydroxylation is 2. The van der Waals surface area contributed by atoms with Gasteiger partial charge in [-0.25, -0.2) is 9.97 Å². The van der Waals surface area contributed by atoms with Crippen molar-refractivity contribution < 1.29 is 4.79 Å². The van der Waals surface area contributed by atoms with E-state index in [-0.39, 0.29) is 36.3 Å². The van der Waals surface area contributed by atoms with Gasteiger partial charge in [-0.15, -0.1) is 12.4 Å². The Kier molecular flexibility index (Phi) is 5.98. The zero-order valence-corrected chi connectivity index (χ0v) is 19.2. The van der Waals surface area contributed by atoms with Gasteiger partial charge in [0.05, 0.1) is 36.1 Å². The molecule has 4 heterocycles. The number of rotatable bonds is 6. The highest BCUT2D eigenvalue weighted by molar-refractivity contribution is 5.87. The number of H-pyrrole nitrogens is 2. The van der Waals surface area contributed by atoms with Gasteiger partial charge < -0.3 is 19.1 Å². The van der Waals surface area contributed by atoms with Crippen LogP contribution >= 0.6 is 12.4 Å². The molecule has 0 aromatic carbocycles. The van der Waals surface area contributed by atoms with Crippen LogP contribution in [0, 0.1) is 11.8 Å². The van der Waals surface area contributed by atoms with Crippen LogP contribution in [0.2, 0.25) is 0 Å². The zero-order valence-electron chi connectivity index (χ0n) is 18.4. The summed E-state index contributed by atoms with van der Waals surface area (Å²) in [7, 11) is 0. The second-order valence-electron chi connectivity index (χ2n) is 9.21. The summed E-state index contributed by atoms with van der Waals surface area (Å²) < 4.78 is 4.27. The largest absolute Gasteiger partial charge is 0.348 e. The Bertz CT molecular complexity index is 1100. The van der Waals surface area contributed by atoms with Crippen LogP contribution in [0.3, 0.4) is 0 Å². The molecule has 0 aliphatic heterocycles. The van der Waals surface area contributed by atoms with Gasteiger partial charge >= 0.3 is 0 Å². The molecule has 4 unspecified atom stereocenters. The number of ketones is 1. The molecule has 0 saturated carbocycles. The van der Waals surface area contributed by atoms with Crippen LogP contribution in [0.15, 0.2) is 61.7 Å². The molecule has 8 heteroatoms. The van der Waals surface area contributed by atoms with Gasteiger partial charge in [0.25, 0.3) is 0 Å². The smallest absolute Gasteiger partial charge is 0.178 e. The van der Waals surface area contributed by atoms with Gasteiger partial charge in [-0.05, 0) is 74.6 Å². The fourth-order valence-corrected chi connectivity index (χ4v) is 5.88. The van der Waals surface area contributed by atoms with Crippen LogP contribution < -0.4 is 0 Å². The lowest BCUT2D eigenvalue weighted by Gasteiger charge is -2.36. The van der Waals surface area contributed by atoms with Crippen molar-refractivity contribution in [3.05, 3.63) is 84.5 Å². The van der Waals surface area contributed by atoms with Gasteiger partial charge in [-0.3, -0.25) is 4.79 Å². The quantitative estimate of drug-likeness (QED) is 0.450. The second kappa shape index (κ2) is 9.06. The summed E-state index contributed by atoms with van der Waals surface area (Å²) in [6, 6.07) is 7.69. The lowest BCUT2D eigenvalue weighted by molar-refractivity contribution is -0.129. The molecule has 4 atom stereocenters. The normalized spacial score (nSPS) is 21.5. The third-order valence-corrected chi connectivity index (χ3v) is 7.42. The predicted molar refractivity (Wildman–Crippen MR) is 127 cm³/mol. The molecule has 172 valence electrons. The average Bonchev–Trinajstić information content (AvgIpc) is 3.61. The van der Waals surface area contributed by atoms with Gasteiger partial charge in [-0.2, -0.15) is 0 Å². The van der Waals surface area contributed by atoms with Crippen molar-refractivity contribution >= 4 is 18.2 Å². The second-order valence-corrected chi connectivity index (χ2v) is 9.21. The number of imidazole rings is 2. The molecule has 2 N–H and O–H groups in total. The van der Waals surface area contributed by atoms with E-state index in [9.17, 15) is 4.79 Å². The highest BCUT2D eigenvalue weighted by Crippen LogP contribution is 2.39. The number of nitrogens with zero attached hydrogens (tertiary/aromatic N) is 4. The zero-order chi connectivity index (χ0) is 21.5. The van der Waals surface area contributed by atoms with Crippen molar-refractivity contribution in [1.29, 1.82) is 0 Å². The number of aromatic nitrogens is 6. The number of hydrogen-bond acceptors (Lipinski definition) is 3. The Balaban J connectivity index is 0.00000228. The Labute approximate surface area is 199 Å². The number of Topliss-reactive ketones (excluding diaryl/α,β-unsaturated/α-hetero) is 1. The van der Waals surface area contributed by atoms with E-state index in [0.29, 0.717) is 5.78 Å². The maximum Gasteiger partial charge on any atom is 0.178 e. The fraction of sp³-hybridized carbons (Fsp3) is 0.400. The van der Waals surface area contributed by atoms with E-state index >= 15 is 0 Å². The van der Waals surface area contributed by atoms with Crippen molar-refractivity contribution in [2.75, 3.05) is 0 Å². The molecule has 0 amide bonds. The van der Waals surface area contributed by atoms with Crippen molar-refractivity contribution in [1.82, 2.24) is 29.1 Å². The van der Waals surface area contributed by atoms with Gasteiger partial charge in [0.15, 0.2) is 5.78 Å². The monoisotopic (exact) mass is 464 g/mol. The van der Waals surface area contributed by atoms with Gasteiger partial charge in [0, 0.05) is 36.2 Å². The molecule has 0 spiro atoms. The SMILES string of the molecule is Cl.O=C(C(C1CCc2nc[nH]c2C1)n1cccc1)C(C1CCc2nc[nH]c2C1)n1cccc1. The lowest BCUT2D eigenvalue weighted by atomic mass is 9.76.